The molecule has 0 amide bonds. The molecule has 2 aromatic carbocycles. The number of hydrogen-bond acceptors (Lipinski definition) is 2. The zero-order chi connectivity index (χ0) is 10.7. The van der Waals surface area contributed by atoms with Gasteiger partial charge in [-0.25, -0.2) is 0 Å². The molecule has 0 atom stereocenters. The normalized spacial score (nSPS) is 11.3. The van der Waals surface area contributed by atoms with Crippen LogP contribution in [0.15, 0.2) is 60.7 Å². The summed E-state index contributed by atoms with van der Waals surface area (Å²) >= 11 is 5.23. The van der Waals surface area contributed by atoms with Crippen LogP contribution in [0.3, 0.4) is 0 Å². The number of rotatable bonds is 2. The lowest BCUT2D eigenvalue weighted by Crippen LogP contribution is -2.24. The quantitative estimate of drug-likeness (QED) is 0.732. The molecule has 0 radical (unpaired) electrons. The van der Waals surface area contributed by atoms with Gasteiger partial charge in [0.2, 0.25) is 0 Å². The zero-order valence-electron chi connectivity index (χ0n) is 8.04. The van der Waals surface area contributed by atoms with E-state index in [1.54, 1.807) is 0 Å². The van der Waals surface area contributed by atoms with E-state index in [0.29, 0.717) is 0 Å². The fourth-order valence-corrected chi connectivity index (χ4v) is 3.56. The molecule has 3 heteroatoms. The topological polar surface area (TPSA) is 23.1 Å². The van der Waals surface area contributed by atoms with Crippen LogP contribution in [0.25, 0.3) is 0 Å². The number of hydrogen-bond donors (Lipinski definition) is 0. The van der Waals surface area contributed by atoms with Gasteiger partial charge in [-0.15, -0.1) is 11.8 Å². The fourth-order valence-electron chi connectivity index (χ4n) is 1.40. The maximum Gasteiger partial charge on any atom is -0.0244 e. The van der Waals surface area contributed by atoms with Gasteiger partial charge in [0, 0.05) is 0 Å². The molecular weight excluding hydrogens is 223 g/mol. The van der Waals surface area contributed by atoms with Gasteiger partial charge < -0.3 is 4.89 Å². The van der Waals surface area contributed by atoms with Crippen LogP contribution in [0.4, 0.5) is 0 Å². The summed E-state index contributed by atoms with van der Waals surface area (Å²) in [6.45, 7) is 0. The Balaban J connectivity index is 2.50. The Labute approximate surface area is 94.5 Å². The van der Waals surface area contributed by atoms with Crippen molar-refractivity contribution in [1.29, 1.82) is 0 Å². The van der Waals surface area contributed by atoms with E-state index in [2.05, 4.69) is 0 Å². The van der Waals surface area contributed by atoms with Crippen molar-refractivity contribution in [2.45, 2.75) is 0 Å². The van der Waals surface area contributed by atoms with Crippen LogP contribution in [-0.4, -0.2) is 0 Å². The van der Waals surface area contributed by atoms with Crippen LogP contribution in [0.1, 0.15) is 0 Å². The summed E-state index contributed by atoms with van der Waals surface area (Å²) in [5.41, 5.74) is 0. The fraction of sp³-hybridized carbons (Fsp3) is 0. The van der Waals surface area contributed by atoms with E-state index in [9.17, 15) is 4.89 Å². The highest BCUT2D eigenvalue weighted by molar-refractivity contribution is 8.18. The maximum absolute atomic E-state index is 12.4. The summed E-state index contributed by atoms with van der Waals surface area (Å²) in [5, 5.41) is 1.46. The molecule has 0 N–H and O–H groups in total. The zero-order valence-corrected chi connectivity index (χ0v) is 9.75. The summed E-state index contributed by atoms with van der Waals surface area (Å²) in [7, 11) is 0. The largest absolute Gasteiger partial charge is 0.814 e. The van der Waals surface area contributed by atoms with E-state index in [1.807, 2.05) is 60.7 Å². The Morgan fingerprint density at radius 3 is 1.40 bits per heavy atom. The average molecular weight is 233 g/mol. The molecule has 0 heterocycles. The van der Waals surface area contributed by atoms with Gasteiger partial charge in [-0.1, -0.05) is 66.9 Å². The molecule has 0 aliphatic rings. The minimum Gasteiger partial charge on any atom is -0.814 e. The monoisotopic (exact) mass is 233 g/mol. The van der Waals surface area contributed by atoms with Gasteiger partial charge in [-0.05, 0) is 10.6 Å². The lowest BCUT2D eigenvalue weighted by atomic mass is 10.4. The van der Waals surface area contributed by atoms with Crippen molar-refractivity contribution in [3.63, 3.8) is 0 Å². The highest BCUT2D eigenvalue weighted by Crippen LogP contribution is 2.32. The smallest absolute Gasteiger partial charge is 0.0244 e. The molecule has 1 nitrogen and oxygen atoms in total. The molecule has 0 aromatic heterocycles. The van der Waals surface area contributed by atoms with Gasteiger partial charge in [-0.3, -0.25) is 0 Å². The minimum atomic E-state index is -2.81. The van der Waals surface area contributed by atoms with Crippen LogP contribution in [0, 0.1) is 0 Å². The Morgan fingerprint density at radius 2 is 1.07 bits per heavy atom. The van der Waals surface area contributed by atoms with Crippen LogP contribution in [-0.2, 0) is 11.8 Å². The van der Waals surface area contributed by atoms with E-state index in [0.717, 1.165) is 10.6 Å². The standard InChI is InChI=1S/C12H11OPS/c13-14(15,11-7-3-1-4-8-11)12-9-5-2-6-10-12/h1-10H,(H,13,15)/p-1. The third-order valence-electron chi connectivity index (χ3n) is 2.19. The Morgan fingerprint density at radius 1 is 0.733 bits per heavy atom. The first-order valence-electron chi connectivity index (χ1n) is 4.63. The second kappa shape index (κ2) is 4.28. The van der Waals surface area contributed by atoms with Gasteiger partial charge in [0.1, 0.15) is 0 Å². The molecule has 2 aromatic rings. The minimum absolute atomic E-state index is 0.728. The van der Waals surface area contributed by atoms with Gasteiger partial charge in [-0.2, -0.15) is 0 Å². The molecule has 0 spiro atoms. The molecule has 0 saturated heterocycles. The van der Waals surface area contributed by atoms with Crippen LogP contribution >= 0.6 is 6.26 Å². The summed E-state index contributed by atoms with van der Waals surface area (Å²) < 4.78 is 0. The first kappa shape index (κ1) is 10.6. The van der Waals surface area contributed by atoms with Crippen molar-refractivity contribution in [2.24, 2.45) is 0 Å². The third-order valence-corrected chi connectivity index (χ3v) is 5.41. The molecule has 0 aliphatic carbocycles. The SMILES string of the molecule is [O-]P(=S)(c1ccccc1)c1ccccc1. The second-order valence-electron chi connectivity index (χ2n) is 3.22. The van der Waals surface area contributed by atoms with E-state index < -0.39 is 6.26 Å². The predicted molar refractivity (Wildman–Crippen MR) is 66.4 cm³/mol. The molecule has 0 aliphatic heterocycles. The highest BCUT2D eigenvalue weighted by atomic mass is 32.4. The molecule has 0 bridgehead atoms. The predicted octanol–water partition coefficient (Wildman–Crippen LogP) is 1.39. The molecular formula is C12H10OPS-. The van der Waals surface area contributed by atoms with E-state index >= 15 is 0 Å². The van der Waals surface area contributed by atoms with Crippen molar-refractivity contribution in [1.82, 2.24) is 0 Å². The van der Waals surface area contributed by atoms with Crippen molar-refractivity contribution >= 4 is 28.7 Å². The molecule has 0 fully saturated rings. The Kier molecular flexibility index (Phi) is 3.01. The molecule has 2 rings (SSSR count). The lowest BCUT2D eigenvalue weighted by Gasteiger charge is -2.28. The molecule has 76 valence electrons. The van der Waals surface area contributed by atoms with E-state index in [1.165, 1.54) is 0 Å². The molecule has 0 unspecified atom stereocenters. The summed E-state index contributed by atoms with van der Waals surface area (Å²) in [5.74, 6) is 0. The highest BCUT2D eigenvalue weighted by Gasteiger charge is 2.07. The molecule has 0 saturated carbocycles. The van der Waals surface area contributed by atoms with E-state index in [-0.39, 0.29) is 0 Å². The van der Waals surface area contributed by atoms with Crippen LogP contribution < -0.4 is 15.5 Å². The Bertz CT molecular complexity index is 438. The first-order chi connectivity index (χ1) is 7.21. The van der Waals surface area contributed by atoms with Gasteiger partial charge >= 0.3 is 0 Å². The third kappa shape index (κ3) is 2.18. The first-order valence-corrected chi connectivity index (χ1v) is 7.35. The van der Waals surface area contributed by atoms with Crippen molar-refractivity contribution in [2.75, 3.05) is 0 Å². The average Bonchev–Trinajstić information content (AvgIpc) is 2.31. The van der Waals surface area contributed by atoms with Crippen LogP contribution in [0.5, 0.6) is 0 Å². The van der Waals surface area contributed by atoms with E-state index in [4.69, 9.17) is 11.8 Å². The van der Waals surface area contributed by atoms with Crippen molar-refractivity contribution in [3.05, 3.63) is 60.7 Å². The van der Waals surface area contributed by atoms with Gasteiger partial charge in [0.15, 0.2) is 0 Å². The van der Waals surface area contributed by atoms with Gasteiger partial charge in [0.05, 0.1) is 0 Å². The molecule has 15 heavy (non-hydrogen) atoms. The van der Waals surface area contributed by atoms with Crippen molar-refractivity contribution in [3.8, 4) is 0 Å². The Hall–Kier alpha value is -0.950. The van der Waals surface area contributed by atoms with Gasteiger partial charge in [0.25, 0.3) is 0 Å². The second-order valence-corrected chi connectivity index (χ2v) is 6.90. The number of benzene rings is 2. The van der Waals surface area contributed by atoms with Crippen molar-refractivity contribution < 1.29 is 4.89 Å². The lowest BCUT2D eigenvalue weighted by molar-refractivity contribution is -0.154. The summed E-state index contributed by atoms with van der Waals surface area (Å²) in [6.07, 6.45) is -2.81. The summed E-state index contributed by atoms with van der Waals surface area (Å²) in [6, 6.07) is 18.5. The maximum atomic E-state index is 12.4. The van der Waals surface area contributed by atoms with Crippen LogP contribution in [0.2, 0.25) is 0 Å². The summed E-state index contributed by atoms with van der Waals surface area (Å²) in [4.78, 5) is 12.4.